The molecule has 1 N–H and O–H groups in total. The van der Waals surface area contributed by atoms with Gasteiger partial charge in [0, 0.05) is 62.9 Å². The molecule has 0 radical (unpaired) electrons. The summed E-state index contributed by atoms with van der Waals surface area (Å²) in [5.41, 5.74) is -0.0664. The third kappa shape index (κ3) is 7.04. The number of piperidine rings is 3. The molecule has 1 aromatic heterocycles. The van der Waals surface area contributed by atoms with Gasteiger partial charge in [0.2, 0.25) is 23.6 Å². The Morgan fingerprint density at radius 3 is 2.32 bits per heavy atom. The summed E-state index contributed by atoms with van der Waals surface area (Å²) in [6, 6.07) is 0. The number of aromatic nitrogens is 1. The van der Waals surface area contributed by atoms with Crippen molar-refractivity contribution in [2.45, 2.75) is 75.7 Å². The number of hydrogen-bond donors (Lipinski definition) is 1. The second kappa shape index (κ2) is 11.9. The zero-order valence-electron chi connectivity index (χ0n) is 23.9. The van der Waals surface area contributed by atoms with Gasteiger partial charge < -0.3 is 24.9 Å². The smallest absolute Gasteiger partial charge is 0.251 e. The Bertz CT molecular complexity index is 1170. The Hall–Kier alpha value is -2.67. The van der Waals surface area contributed by atoms with E-state index in [4.69, 9.17) is 4.98 Å². The van der Waals surface area contributed by atoms with E-state index in [-0.39, 0.29) is 56.8 Å². The summed E-state index contributed by atoms with van der Waals surface area (Å²) in [5, 5.41) is 4.15. The van der Waals surface area contributed by atoms with Crippen molar-refractivity contribution in [1.29, 1.82) is 0 Å². The number of fused-ring (bicyclic) bond motifs is 8. The van der Waals surface area contributed by atoms with E-state index in [9.17, 15) is 28.0 Å². The van der Waals surface area contributed by atoms with E-state index in [1.54, 1.807) is 16.2 Å². The summed E-state index contributed by atoms with van der Waals surface area (Å²) in [6.07, 6.45) is 1.82. The molecule has 0 saturated carbocycles. The molecule has 4 amide bonds. The van der Waals surface area contributed by atoms with Crippen molar-refractivity contribution in [2.24, 2.45) is 0 Å². The molecule has 5 aliphatic heterocycles. The third-order valence-corrected chi connectivity index (χ3v) is 10.3. The molecule has 6 rings (SSSR count). The van der Waals surface area contributed by atoms with Crippen LogP contribution in [0.2, 0.25) is 0 Å². The number of rotatable bonds is 2. The van der Waals surface area contributed by atoms with Crippen molar-refractivity contribution < 1.29 is 28.0 Å². The van der Waals surface area contributed by atoms with Crippen LogP contribution >= 0.6 is 11.3 Å². The van der Waals surface area contributed by atoms with Crippen LogP contribution in [0, 0.1) is 6.92 Å². The van der Waals surface area contributed by atoms with Crippen molar-refractivity contribution >= 4 is 35.0 Å². The van der Waals surface area contributed by atoms with Crippen LogP contribution in [-0.2, 0) is 25.6 Å². The molecule has 4 bridgehead atoms. The molecule has 13 heteroatoms. The van der Waals surface area contributed by atoms with Crippen LogP contribution in [0.25, 0.3) is 0 Å². The fraction of sp³-hybridized carbons (Fsp3) is 0.750. The Morgan fingerprint density at radius 1 is 1.00 bits per heavy atom. The number of alkyl halides is 2. The van der Waals surface area contributed by atoms with Crippen LogP contribution in [-0.4, -0.2) is 119 Å². The van der Waals surface area contributed by atoms with Crippen molar-refractivity contribution in [1.82, 2.24) is 29.9 Å². The zero-order valence-corrected chi connectivity index (χ0v) is 24.7. The molecule has 0 aliphatic carbocycles. The standard InChI is InChI=1S/C28H40F2N6O4S/c1-19-21-15-22(37)32-27(5-11-33(2)12-6-27)16-23(38)36(18-25(40)35-13-7-28(29,30)8-14-35)17-24(39)34-9-3-20(4-10-34)26(31-21)41-19/h20H,3-18H2,1-2H3,(H,32,37). The normalized spacial score (nSPS) is 24.7. The minimum Gasteiger partial charge on any atom is -0.350 e. The first kappa shape index (κ1) is 29.8. The van der Waals surface area contributed by atoms with E-state index in [1.807, 2.05) is 14.0 Å². The Morgan fingerprint density at radius 2 is 1.66 bits per heavy atom. The summed E-state index contributed by atoms with van der Waals surface area (Å²) in [4.78, 5) is 66.2. The van der Waals surface area contributed by atoms with Gasteiger partial charge in [0.1, 0.15) is 13.1 Å². The molecule has 6 heterocycles. The van der Waals surface area contributed by atoms with Gasteiger partial charge in [-0.25, -0.2) is 13.8 Å². The van der Waals surface area contributed by atoms with Crippen molar-refractivity contribution in [3.8, 4) is 0 Å². The van der Waals surface area contributed by atoms with Gasteiger partial charge in [-0.3, -0.25) is 19.2 Å². The largest absolute Gasteiger partial charge is 0.350 e. The van der Waals surface area contributed by atoms with Crippen LogP contribution in [0.5, 0.6) is 0 Å². The minimum absolute atomic E-state index is 0.0470. The number of aryl methyl sites for hydroxylation is 1. The van der Waals surface area contributed by atoms with Gasteiger partial charge in [0.15, 0.2) is 0 Å². The highest BCUT2D eigenvalue weighted by molar-refractivity contribution is 7.11. The van der Waals surface area contributed by atoms with Gasteiger partial charge >= 0.3 is 0 Å². The number of carbonyl (C=O) groups excluding carboxylic acids is 4. The molecule has 5 aliphatic rings. The molecule has 1 aromatic rings. The monoisotopic (exact) mass is 594 g/mol. The number of hydrogen-bond acceptors (Lipinski definition) is 7. The summed E-state index contributed by atoms with van der Waals surface area (Å²) >= 11 is 1.61. The van der Waals surface area contributed by atoms with E-state index in [1.165, 1.54) is 9.80 Å². The number of halogens is 2. The fourth-order valence-corrected chi connectivity index (χ4v) is 7.40. The summed E-state index contributed by atoms with van der Waals surface area (Å²) in [7, 11) is 1.99. The summed E-state index contributed by atoms with van der Waals surface area (Å²) in [6.45, 7) is 3.60. The SMILES string of the molecule is Cc1sc2nc1CC(=O)NC1(CCN(C)CC1)CC(=O)N(CC(=O)N1CCC(F)(F)CC1)CC(=O)N1CCC2CC1. The molecule has 10 nitrogen and oxygen atoms in total. The average molecular weight is 595 g/mol. The van der Waals surface area contributed by atoms with Crippen LogP contribution in [0.15, 0.2) is 0 Å². The Kier molecular flexibility index (Phi) is 8.66. The minimum atomic E-state index is -2.80. The highest BCUT2D eigenvalue weighted by atomic mass is 32.1. The molecule has 0 unspecified atom stereocenters. The number of thiazole rings is 1. The number of carbonyl (C=O) groups is 4. The highest BCUT2D eigenvalue weighted by Crippen LogP contribution is 2.34. The molecule has 226 valence electrons. The quantitative estimate of drug-likeness (QED) is 0.560. The first-order chi connectivity index (χ1) is 19.4. The molecular formula is C28H40F2N6O4S. The van der Waals surface area contributed by atoms with Gasteiger partial charge in [0.05, 0.1) is 29.1 Å². The molecule has 0 atom stereocenters. The van der Waals surface area contributed by atoms with Crippen molar-refractivity contribution in [2.75, 3.05) is 59.4 Å². The third-order valence-electron chi connectivity index (χ3n) is 9.13. The number of nitrogens with one attached hydrogen (secondary N) is 1. The lowest BCUT2D eigenvalue weighted by Crippen LogP contribution is -2.58. The van der Waals surface area contributed by atoms with E-state index in [0.29, 0.717) is 39.0 Å². The first-order valence-electron chi connectivity index (χ1n) is 14.6. The topological polar surface area (TPSA) is 106 Å². The van der Waals surface area contributed by atoms with Crippen LogP contribution < -0.4 is 5.32 Å². The van der Waals surface area contributed by atoms with Gasteiger partial charge in [0.25, 0.3) is 5.92 Å². The summed E-state index contributed by atoms with van der Waals surface area (Å²) in [5.74, 6) is -3.87. The lowest BCUT2D eigenvalue weighted by molar-refractivity contribution is -0.148. The number of amides is 4. The molecule has 1 spiro atoms. The van der Waals surface area contributed by atoms with E-state index in [0.717, 1.165) is 28.4 Å². The van der Waals surface area contributed by atoms with Crippen molar-refractivity contribution in [3.63, 3.8) is 0 Å². The number of likely N-dealkylation sites (tertiary alicyclic amines) is 2. The number of nitrogens with zero attached hydrogens (tertiary/aromatic N) is 5. The Balaban J connectivity index is 1.40. The van der Waals surface area contributed by atoms with Gasteiger partial charge in [-0.1, -0.05) is 0 Å². The molecular weight excluding hydrogens is 554 g/mol. The predicted octanol–water partition coefficient (Wildman–Crippen LogP) is 1.77. The average Bonchev–Trinajstić information content (AvgIpc) is 3.29. The first-order valence-corrected chi connectivity index (χ1v) is 15.4. The summed E-state index contributed by atoms with van der Waals surface area (Å²) < 4.78 is 27.4. The van der Waals surface area contributed by atoms with Crippen LogP contribution in [0.3, 0.4) is 0 Å². The van der Waals surface area contributed by atoms with Crippen LogP contribution in [0.1, 0.15) is 66.4 Å². The van der Waals surface area contributed by atoms with E-state index < -0.39 is 36.1 Å². The van der Waals surface area contributed by atoms with Crippen LogP contribution in [0.4, 0.5) is 8.78 Å². The molecule has 41 heavy (non-hydrogen) atoms. The lowest BCUT2D eigenvalue weighted by Gasteiger charge is -2.42. The lowest BCUT2D eigenvalue weighted by atomic mass is 9.83. The van der Waals surface area contributed by atoms with Gasteiger partial charge in [-0.05, 0) is 39.7 Å². The van der Waals surface area contributed by atoms with Gasteiger partial charge in [-0.15, -0.1) is 11.3 Å². The zero-order chi connectivity index (χ0) is 29.4. The molecule has 3 saturated heterocycles. The maximum absolute atomic E-state index is 13.9. The maximum Gasteiger partial charge on any atom is 0.251 e. The predicted molar refractivity (Wildman–Crippen MR) is 149 cm³/mol. The molecule has 3 fully saturated rings. The van der Waals surface area contributed by atoms with E-state index in [2.05, 4.69) is 10.2 Å². The highest BCUT2D eigenvalue weighted by Gasteiger charge is 2.41. The maximum atomic E-state index is 13.9. The second-order valence-corrected chi connectivity index (χ2v) is 13.4. The second-order valence-electron chi connectivity index (χ2n) is 12.2. The van der Waals surface area contributed by atoms with Crippen molar-refractivity contribution in [3.05, 3.63) is 15.6 Å². The fourth-order valence-electron chi connectivity index (χ4n) is 6.29. The molecule has 0 aromatic carbocycles. The Labute approximate surface area is 243 Å². The van der Waals surface area contributed by atoms with E-state index >= 15 is 0 Å². The van der Waals surface area contributed by atoms with Gasteiger partial charge in [-0.2, -0.15) is 0 Å².